The molecule has 3 nitrogen and oxygen atoms in total. The first kappa shape index (κ1) is 8.01. The first-order chi connectivity index (χ1) is 4.09. The van der Waals surface area contributed by atoms with Gasteiger partial charge in [-0.3, -0.25) is 0 Å². The highest BCUT2D eigenvalue weighted by Crippen LogP contribution is 1.95. The fraction of sp³-hybridized carbons (Fsp3) is 0.500. The van der Waals surface area contributed by atoms with Crippen molar-refractivity contribution in [3.8, 4) is 0 Å². The molecule has 1 N–H and O–H groups in total. The van der Waals surface area contributed by atoms with Crippen molar-refractivity contribution < 1.29 is 9.90 Å². The Morgan fingerprint density at radius 3 is 2.00 bits per heavy atom. The van der Waals surface area contributed by atoms with Crippen molar-refractivity contribution >= 4 is 5.97 Å². The van der Waals surface area contributed by atoms with Crippen LogP contribution in [0.4, 0.5) is 0 Å². The first-order valence-corrected chi connectivity index (χ1v) is 2.66. The molecule has 0 bridgehead atoms. The normalized spacial score (nSPS) is 11.2. The Hall–Kier alpha value is -0.990. The Bertz CT molecular complexity index is 138. The Morgan fingerprint density at radius 2 is 2.00 bits per heavy atom. The molecule has 0 aromatic rings. The zero-order chi connectivity index (χ0) is 7.44. The number of nitrogens with zero attached hydrogens (tertiary/aromatic N) is 1. The maximum absolute atomic E-state index is 10.3. The molecule has 9 heavy (non-hydrogen) atoms. The molecule has 0 rings (SSSR count). The summed E-state index contributed by atoms with van der Waals surface area (Å²) in [4.78, 5) is 11.8. The number of likely N-dealkylation sites (N-methyl/N-ethyl adjacent to an activating group) is 1. The van der Waals surface area contributed by atoms with Gasteiger partial charge in [0.25, 0.3) is 0 Å². The van der Waals surface area contributed by atoms with Crippen molar-refractivity contribution in [2.24, 2.45) is 0 Å². The van der Waals surface area contributed by atoms with E-state index in [-0.39, 0.29) is 0 Å². The SMILES string of the molecule is C/C=C(\C(=O)O)N(C)C. The predicted octanol–water partition coefficient (Wildman–Crippen LogP) is 0.536. The number of aliphatic carboxylic acids is 1. The lowest BCUT2D eigenvalue weighted by atomic mass is 10.4. The second-order valence-corrected chi connectivity index (χ2v) is 1.87. The summed E-state index contributed by atoms with van der Waals surface area (Å²) in [5, 5.41) is 8.43. The standard InChI is InChI=1S/C6H11NO2/c1-4-5(6(8)9)7(2)3/h4H,1-3H3,(H,8,9)/b5-4+. The molecule has 0 amide bonds. The molecule has 0 aliphatic rings. The van der Waals surface area contributed by atoms with E-state index in [1.807, 2.05) is 0 Å². The molecule has 52 valence electrons. The third kappa shape index (κ3) is 2.17. The second kappa shape index (κ2) is 3.12. The summed E-state index contributed by atoms with van der Waals surface area (Å²) in [5.41, 5.74) is 0.315. The van der Waals surface area contributed by atoms with Gasteiger partial charge in [-0.05, 0) is 6.92 Å². The highest BCUT2D eigenvalue weighted by atomic mass is 16.4. The summed E-state index contributed by atoms with van der Waals surface area (Å²) >= 11 is 0. The average molecular weight is 129 g/mol. The number of carboxylic acids is 1. The van der Waals surface area contributed by atoms with Crippen LogP contribution in [0.25, 0.3) is 0 Å². The van der Waals surface area contributed by atoms with E-state index < -0.39 is 5.97 Å². The summed E-state index contributed by atoms with van der Waals surface area (Å²) in [6, 6.07) is 0. The van der Waals surface area contributed by atoms with Crippen molar-refractivity contribution in [3.05, 3.63) is 11.8 Å². The zero-order valence-electron chi connectivity index (χ0n) is 5.88. The Morgan fingerprint density at radius 1 is 1.56 bits per heavy atom. The van der Waals surface area contributed by atoms with Crippen LogP contribution in [0.5, 0.6) is 0 Å². The van der Waals surface area contributed by atoms with Gasteiger partial charge in [0.15, 0.2) is 0 Å². The number of hydrogen-bond acceptors (Lipinski definition) is 2. The highest BCUT2D eigenvalue weighted by Gasteiger charge is 2.05. The summed E-state index contributed by atoms with van der Waals surface area (Å²) in [7, 11) is 3.40. The smallest absolute Gasteiger partial charge is 0.351 e. The van der Waals surface area contributed by atoms with Gasteiger partial charge >= 0.3 is 5.97 Å². The van der Waals surface area contributed by atoms with E-state index in [1.54, 1.807) is 32.0 Å². The molecule has 0 fully saturated rings. The molecule has 0 saturated heterocycles. The topological polar surface area (TPSA) is 40.5 Å². The molecule has 0 spiro atoms. The third-order valence-electron chi connectivity index (χ3n) is 0.974. The van der Waals surface area contributed by atoms with Crippen LogP contribution in [0.2, 0.25) is 0 Å². The fourth-order valence-corrected chi connectivity index (χ4v) is 0.573. The number of hydrogen-bond donors (Lipinski definition) is 1. The molecule has 0 aromatic carbocycles. The van der Waals surface area contributed by atoms with Gasteiger partial charge in [-0.25, -0.2) is 4.79 Å². The number of rotatable bonds is 2. The summed E-state index contributed by atoms with van der Waals surface area (Å²) in [6.07, 6.45) is 1.56. The summed E-state index contributed by atoms with van der Waals surface area (Å²) < 4.78 is 0. The lowest BCUT2D eigenvalue weighted by molar-refractivity contribution is -0.134. The van der Waals surface area contributed by atoms with Gasteiger partial charge in [0.2, 0.25) is 0 Å². The molecule has 0 radical (unpaired) electrons. The van der Waals surface area contributed by atoms with Crippen LogP contribution in [0.3, 0.4) is 0 Å². The van der Waals surface area contributed by atoms with Gasteiger partial charge in [-0.15, -0.1) is 0 Å². The van der Waals surface area contributed by atoms with Crippen LogP contribution in [-0.4, -0.2) is 30.1 Å². The van der Waals surface area contributed by atoms with Gasteiger partial charge in [0.1, 0.15) is 5.70 Å². The van der Waals surface area contributed by atoms with Crippen LogP contribution in [0.15, 0.2) is 11.8 Å². The van der Waals surface area contributed by atoms with Gasteiger partial charge in [-0.1, -0.05) is 6.08 Å². The quantitative estimate of drug-likeness (QED) is 0.553. The molecule has 0 aliphatic heterocycles. The Labute approximate surface area is 54.6 Å². The second-order valence-electron chi connectivity index (χ2n) is 1.87. The maximum atomic E-state index is 10.3. The lowest BCUT2D eigenvalue weighted by Crippen LogP contribution is -2.18. The maximum Gasteiger partial charge on any atom is 0.351 e. The van der Waals surface area contributed by atoms with Crippen molar-refractivity contribution in [3.63, 3.8) is 0 Å². The van der Waals surface area contributed by atoms with Crippen LogP contribution in [-0.2, 0) is 4.79 Å². The van der Waals surface area contributed by atoms with E-state index in [0.717, 1.165) is 0 Å². The predicted molar refractivity (Wildman–Crippen MR) is 35.1 cm³/mol. The van der Waals surface area contributed by atoms with Crippen LogP contribution < -0.4 is 0 Å². The van der Waals surface area contributed by atoms with Crippen LogP contribution >= 0.6 is 0 Å². The molecule has 0 unspecified atom stereocenters. The van der Waals surface area contributed by atoms with Crippen molar-refractivity contribution in [2.45, 2.75) is 6.92 Å². The van der Waals surface area contributed by atoms with E-state index in [9.17, 15) is 4.79 Å². The van der Waals surface area contributed by atoms with Gasteiger partial charge in [0.05, 0.1) is 0 Å². The van der Waals surface area contributed by atoms with Crippen molar-refractivity contribution in [1.82, 2.24) is 4.90 Å². The number of carboxylic acid groups (broad SMARTS) is 1. The average Bonchev–Trinajstić information content (AvgIpc) is 1.64. The summed E-state index contributed by atoms with van der Waals surface area (Å²) in [6.45, 7) is 1.70. The van der Waals surface area contributed by atoms with E-state index >= 15 is 0 Å². The largest absolute Gasteiger partial charge is 0.477 e. The molecule has 0 heterocycles. The van der Waals surface area contributed by atoms with Gasteiger partial charge in [-0.2, -0.15) is 0 Å². The minimum Gasteiger partial charge on any atom is -0.477 e. The van der Waals surface area contributed by atoms with Gasteiger partial charge in [0, 0.05) is 14.1 Å². The van der Waals surface area contributed by atoms with Gasteiger partial charge < -0.3 is 10.0 Å². The lowest BCUT2D eigenvalue weighted by Gasteiger charge is -2.11. The van der Waals surface area contributed by atoms with E-state index in [2.05, 4.69) is 0 Å². The zero-order valence-corrected chi connectivity index (χ0v) is 5.88. The highest BCUT2D eigenvalue weighted by molar-refractivity contribution is 5.85. The fourth-order valence-electron chi connectivity index (χ4n) is 0.573. The van der Waals surface area contributed by atoms with E-state index in [4.69, 9.17) is 5.11 Å². The first-order valence-electron chi connectivity index (χ1n) is 2.66. The van der Waals surface area contributed by atoms with Crippen molar-refractivity contribution in [2.75, 3.05) is 14.1 Å². The molecular weight excluding hydrogens is 118 g/mol. The molecule has 0 aromatic heterocycles. The molecule has 0 atom stereocenters. The van der Waals surface area contributed by atoms with Crippen LogP contribution in [0.1, 0.15) is 6.92 Å². The van der Waals surface area contributed by atoms with Crippen LogP contribution in [0, 0.1) is 0 Å². The number of carbonyl (C=O) groups is 1. The summed E-state index contributed by atoms with van der Waals surface area (Å²) in [5.74, 6) is -0.887. The van der Waals surface area contributed by atoms with E-state index in [1.165, 1.54) is 0 Å². The van der Waals surface area contributed by atoms with E-state index in [0.29, 0.717) is 5.70 Å². The minimum absolute atomic E-state index is 0.315. The molecule has 0 saturated carbocycles. The van der Waals surface area contributed by atoms with Crippen molar-refractivity contribution in [1.29, 1.82) is 0 Å². The molecular formula is C6H11NO2. The Balaban J connectivity index is 4.19. The number of allylic oxidation sites excluding steroid dienone is 1. The molecule has 3 heteroatoms. The molecule has 0 aliphatic carbocycles. The third-order valence-corrected chi connectivity index (χ3v) is 0.974. The minimum atomic E-state index is -0.887. The Kier molecular flexibility index (Phi) is 2.78. The monoisotopic (exact) mass is 129 g/mol.